The molecule has 1 saturated carbocycles. The lowest BCUT2D eigenvalue weighted by Gasteiger charge is -2.30. The Balaban J connectivity index is 2.47. The lowest BCUT2D eigenvalue weighted by Crippen LogP contribution is -2.49. The Morgan fingerprint density at radius 2 is 2.00 bits per heavy atom. The summed E-state index contributed by atoms with van der Waals surface area (Å²) in [6, 6.07) is 2.66. The summed E-state index contributed by atoms with van der Waals surface area (Å²) in [6.07, 6.45) is 5.61. The van der Waals surface area contributed by atoms with E-state index in [0.29, 0.717) is 13.1 Å². The minimum absolute atomic E-state index is 0.0997. The molecule has 2 N–H and O–H groups in total. The van der Waals surface area contributed by atoms with Crippen LogP contribution < -0.4 is 5.32 Å². The molecule has 0 bridgehead atoms. The number of hydrogen-bond acceptors (Lipinski definition) is 4. The highest BCUT2D eigenvalue weighted by Crippen LogP contribution is 2.23. The third kappa shape index (κ3) is 5.34. The zero-order valence-electron chi connectivity index (χ0n) is 11.9. The summed E-state index contributed by atoms with van der Waals surface area (Å²) >= 11 is 0. The Labute approximate surface area is 111 Å². The van der Waals surface area contributed by atoms with Crippen molar-refractivity contribution < 1.29 is 5.11 Å². The van der Waals surface area contributed by atoms with Crippen molar-refractivity contribution in [3.63, 3.8) is 0 Å². The Hall–Kier alpha value is -0.630. The molecule has 0 aliphatic heterocycles. The molecule has 0 radical (unpaired) electrons. The van der Waals surface area contributed by atoms with Crippen molar-refractivity contribution in [3.8, 4) is 6.07 Å². The summed E-state index contributed by atoms with van der Waals surface area (Å²) in [5.74, 6) is 0.0997. The molecule has 0 aromatic rings. The number of hydrogen-bond donors (Lipinski definition) is 2. The van der Waals surface area contributed by atoms with E-state index in [1.807, 2.05) is 25.9 Å². The first-order chi connectivity index (χ1) is 8.44. The van der Waals surface area contributed by atoms with Gasteiger partial charge in [0.1, 0.15) is 0 Å². The first-order valence-corrected chi connectivity index (χ1v) is 6.95. The van der Waals surface area contributed by atoms with E-state index in [1.54, 1.807) is 0 Å². The van der Waals surface area contributed by atoms with E-state index in [-0.39, 0.29) is 12.0 Å². The number of aliphatic hydroxyl groups is 1. The summed E-state index contributed by atoms with van der Waals surface area (Å²) in [4.78, 5) is 1.98. The van der Waals surface area contributed by atoms with Gasteiger partial charge < -0.3 is 15.3 Å². The Kier molecular flexibility index (Phi) is 6.07. The van der Waals surface area contributed by atoms with Crippen molar-refractivity contribution in [2.75, 3.05) is 27.2 Å². The number of nitrogens with one attached hydrogen (secondary N) is 1. The Morgan fingerprint density at radius 1 is 1.33 bits per heavy atom. The fourth-order valence-corrected chi connectivity index (χ4v) is 2.79. The highest BCUT2D eigenvalue weighted by Gasteiger charge is 2.27. The monoisotopic (exact) mass is 253 g/mol. The molecular weight excluding hydrogens is 226 g/mol. The van der Waals surface area contributed by atoms with Crippen LogP contribution in [0.1, 0.15) is 39.0 Å². The second-order valence-electron chi connectivity index (χ2n) is 6.10. The topological polar surface area (TPSA) is 59.3 Å². The smallest absolute Gasteiger partial charge is 0.0869 e. The largest absolute Gasteiger partial charge is 0.388 e. The molecule has 18 heavy (non-hydrogen) atoms. The van der Waals surface area contributed by atoms with E-state index in [9.17, 15) is 10.4 Å². The fourth-order valence-electron chi connectivity index (χ4n) is 2.79. The molecule has 3 unspecified atom stereocenters. The zero-order valence-corrected chi connectivity index (χ0v) is 11.9. The maximum atomic E-state index is 10.3. The highest BCUT2D eigenvalue weighted by molar-refractivity contribution is 4.94. The average Bonchev–Trinajstić information content (AvgIpc) is 2.49. The molecule has 0 amide bonds. The molecule has 1 aliphatic carbocycles. The summed E-state index contributed by atoms with van der Waals surface area (Å²) < 4.78 is 0. The summed E-state index contributed by atoms with van der Waals surface area (Å²) in [5, 5.41) is 22.9. The predicted octanol–water partition coefficient (Wildman–Crippen LogP) is 1.36. The molecule has 104 valence electrons. The van der Waals surface area contributed by atoms with Crippen LogP contribution in [0.4, 0.5) is 0 Å². The number of rotatable bonds is 5. The van der Waals surface area contributed by atoms with E-state index >= 15 is 0 Å². The van der Waals surface area contributed by atoms with Crippen molar-refractivity contribution in [3.05, 3.63) is 0 Å². The van der Waals surface area contributed by atoms with E-state index in [0.717, 1.165) is 19.3 Å². The van der Waals surface area contributed by atoms with Gasteiger partial charge in [-0.05, 0) is 33.9 Å². The summed E-state index contributed by atoms with van der Waals surface area (Å²) in [7, 11) is 3.91. The van der Waals surface area contributed by atoms with Gasteiger partial charge in [0, 0.05) is 19.1 Å². The van der Waals surface area contributed by atoms with Crippen LogP contribution in [-0.4, -0.2) is 48.8 Å². The SMILES string of the molecule is CN(C)CC(C)(O)CNC1CCCCCC1C#N. The maximum absolute atomic E-state index is 10.3. The summed E-state index contributed by atoms with van der Waals surface area (Å²) in [6.45, 7) is 3.02. The molecule has 1 rings (SSSR count). The maximum Gasteiger partial charge on any atom is 0.0869 e. The average molecular weight is 253 g/mol. The molecule has 1 fully saturated rings. The van der Waals surface area contributed by atoms with Gasteiger partial charge in [0.25, 0.3) is 0 Å². The molecule has 3 atom stereocenters. The number of nitriles is 1. The van der Waals surface area contributed by atoms with Gasteiger partial charge in [0.15, 0.2) is 0 Å². The molecule has 0 heterocycles. The lowest BCUT2D eigenvalue weighted by molar-refractivity contribution is 0.0299. The van der Waals surface area contributed by atoms with Gasteiger partial charge in [-0.2, -0.15) is 5.26 Å². The fraction of sp³-hybridized carbons (Fsp3) is 0.929. The van der Waals surface area contributed by atoms with Crippen molar-refractivity contribution >= 4 is 0 Å². The second kappa shape index (κ2) is 7.08. The van der Waals surface area contributed by atoms with E-state index in [2.05, 4.69) is 11.4 Å². The molecule has 0 aromatic carbocycles. The van der Waals surface area contributed by atoms with Crippen LogP contribution in [-0.2, 0) is 0 Å². The molecule has 0 aromatic heterocycles. The standard InChI is InChI=1S/C14H27N3O/c1-14(18,11-17(2)3)10-16-13-8-6-4-5-7-12(13)9-15/h12-13,16,18H,4-8,10-11H2,1-3H3. The van der Waals surface area contributed by atoms with E-state index < -0.39 is 5.60 Å². The molecule has 4 nitrogen and oxygen atoms in total. The van der Waals surface area contributed by atoms with Crippen molar-refractivity contribution in [2.45, 2.75) is 50.7 Å². The van der Waals surface area contributed by atoms with Crippen LogP contribution in [0.3, 0.4) is 0 Å². The Morgan fingerprint density at radius 3 is 2.61 bits per heavy atom. The van der Waals surface area contributed by atoms with Gasteiger partial charge in [-0.25, -0.2) is 0 Å². The Bertz CT molecular complexity index is 283. The van der Waals surface area contributed by atoms with Crippen molar-refractivity contribution in [1.82, 2.24) is 10.2 Å². The highest BCUT2D eigenvalue weighted by atomic mass is 16.3. The molecule has 4 heteroatoms. The molecule has 0 spiro atoms. The van der Waals surface area contributed by atoms with Crippen molar-refractivity contribution in [2.24, 2.45) is 5.92 Å². The number of likely N-dealkylation sites (N-methyl/N-ethyl adjacent to an activating group) is 1. The zero-order chi connectivity index (χ0) is 13.6. The normalized spacial score (nSPS) is 28.4. The minimum atomic E-state index is -0.740. The predicted molar refractivity (Wildman–Crippen MR) is 73.2 cm³/mol. The van der Waals surface area contributed by atoms with E-state index in [1.165, 1.54) is 12.8 Å². The van der Waals surface area contributed by atoms with Crippen LogP contribution in [0.2, 0.25) is 0 Å². The third-order valence-corrected chi connectivity index (χ3v) is 3.58. The van der Waals surface area contributed by atoms with Crippen LogP contribution in [0.5, 0.6) is 0 Å². The minimum Gasteiger partial charge on any atom is -0.388 e. The third-order valence-electron chi connectivity index (χ3n) is 3.58. The van der Waals surface area contributed by atoms with Gasteiger partial charge in [-0.1, -0.05) is 19.3 Å². The van der Waals surface area contributed by atoms with Gasteiger partial charge in [0.2, 0.25) is 0 Å². The van der Waals surface area contributed by atoms with Gasteiger partial charge in [-0.3, -0.25) is 0 Å². The molecule has 0 saturated heterocycles. The van der Waals surface area contributed by atoms with Crippen LogP contribution >= 0.6 is 0 Å². The van der Waals surface area contributed by atoms with Crippen molar-refractivity contribution in [1.29, 1.82) is 5.26 Å². The van der Waals surface area contributed by atoms with Gasteiger partial charge in [0.05, 0.1) is 17.6 Å². The van der Waals surface area contributed by atoms with Crippen LogP contribution in [0.15, 0.2) is 0 Å². The quantitative estimate of drug-likeness (QED) is 0.726. The number of nitrogens with zero attached hydrogens (tertiary/aromatic N) is 2. The first-order valence-electron chi connectivity index (χ1n) is 6.95. The van der Waals surface area contributed by atoms with Crippen LogP contribution in [0.25, 0.3) is 0 Å². The second-order valence-corrected chi connectivity index (χ2v) is 6.10. The van der Waals surface area contributed by atoms with E-state index in [4.69, 9.17) is 0 Å². The van der Waals surface area contributed by atoms with Crippen LogP contribution in [0, 0.1) is 17.2 Å². The van der Waals surface area contributed by atoms with Gasteiger partial charge in [-0.15, -0.1) is 0 Å². The first kappa shape index (κ1) is 15.4. The molecule has 1 aliphatic rings. The lowest BCUT2D eigenvalue weighted by atomic mass is 9.95. The molecular formula is C14H27N3O. The summed E-state index contributed by atoms with van der Waals surface area (Å²) in [5.41, 5.74) is -0.740. The van der Waals surface area contributed by atoms with Gasteiger partial charge >= 0.3 is 0 Å².